The van der Waals surface area contributed by atoms with Crippen LogP contribution in [0.1, 0.15) is 71.0 Å². The van der Waals surface area contributed by atoms with Gasteiger partial charge >= 0.3 is 11.9 Å². The summed E-state index contributed by atoms with van der Waals surface area (Å²) in [5.74, 6) is -0.222. The van der Waals surface area contributed by atoms with Crippen molar-refractivity contribution in [3.63, 3.8) is 0 Å². The standard InChI is InChI=1S/C28H30O4/c1-4-13-23-19-20(6-3)25(31-27(29)21-15-9-7-10-16-21)26(24(23)14-5-2)32-28(30)22-17-11-8-12-18-22/h7-12,15-19H,4-6,13-14H2,1-3H3. The molecule has 3 aromatic carbocycles. The van der Waals surface area contributed by atoms with E-state index in [-0.39, 0.29) is 0 Å². The van der Waals surface area contributed by atoms with Crippen molar-refractivity contribution in [3.8, 4) is 11.5 Å². The van der Waals surface area contributed by atoms with Gasteiger partial charge in [0.25, 0.3) is 0 Å². The van der Waals surface area contributed by atoms with Gasteiger partial charge in [0.15, 0.2) is 11.5 Å². The molecule has 0 N–H and O–H groups in total. The Hall–Kier alpha value is -3.40. The monoisotopic (exact) mass is 430 g/mol. The molecule has 4 nitrogen and oxygen atoms in total. The first-order chi connectivity index (χ1) is 15.6. The molecular formula is C28H30O4. The van der Waals surface area contributed by atoms with Crippen molar-refractivity contribution in [1.29, 1.82) is 0 Å². The van der Waals surface area contributed by atoms with E-state index >= 15 is 0 Å². The Morgan fingerprint density at radius 2 is 1.16 bits per heavy atom. The molecule has 0 spiro atoms. The van der Waals surface area contributed by atoms with E-state index in [1.807, 2.05) is 19.1 Å². The first-order valence-corrected chi connectivity index (χ1v) is 11.3. The molecule has 0 saturated heterocycles. The fraction of sp³-hybridized carbons (Fsp3) is 0.286. The molecule has 3 rings (SSSR count). The highest BCUT2D eigenvalue weighted by molar-refractivity contribution is 5.93. The maximum absolute atomic E-state index is 13.0. The van der Waals surface area contributed by atoms with Crippen LogP contribution in [0.4, 0.5) is 0 Å². The molecular weight excluding hydrogens is 400 g/mol. The first-order valence-electron chi connectivity index (χ1n) is 11.3. The summed E-state index contributed by atoms with van der Waals surface area (Å²) in [6, 6.07) is 19.8. The zero-order chi connectivity index (χ0) is 22.9. The van der Waals surface area contributed by atoms with Crippen LogP contribution in [-0.4, -0.2) is 11.9 Å². The lowest BCUT2D eigenvalue weighted by molar-refractivity contribution is 0.0679. The average Bonchev–Trinajstić information content (AvgIpc) is 2.83. The highest BCUT2D eigenvalue weighted by atomic mass is 16.6. The summed E-state index contributed by atoms with van der Waals surface area (Å²) >= 11 is 0. The minimum absolute atomic E-state index is 0.342. The predicted molar refractivity (Wildman–Crippen MR) is 127 cm³/mol. The minimum atomic E-state index is -0.469. The molecule has 32 heavy (non-hydrogen) atoms. The quantitative estimate of drug-likeness (QED) is 0.284. The van der Waals surface area contributed by atoms with Crippen LogP contribution in [0, 0.1) is 0 Å². The third-order valence-electron chi connectivity index (χ3n) is 5.32. The summed E-state index contributed by atoms with van der Waals surface area (Å²) in [5, 5.41) is 0. The molecule has 0 aromatic heterocycles. The summed E-state index contributed by atoms with van der Waals surface area (Å²) in [4.78, 5) is 25.9. The van der Waals surface area contributed by atoms with Crippen molar-refractivity contribution in [2.24, 2.45) is 0 Å². The largest absolute Gasteiger partial charge is 0.419 e. The number of aryl methyl sites for hydroxylation is 2. The number of esters is 2. The molecule has 0 fully saturated rings. The lowest BCUT2D eigenvalue weighted by atomic mass is 9.94. The number of hydrogen-bond donors (Lipinski definition) is 0. The van der Waals surface area contributed by atoms with E-state index in [0.29, 0.717) is 29.0 Å². The number of benzene rings is 3. The van der Waals surface area contributed by atoms with E-state index in [2.05, 4.69) is 19.9 Å². The molecule has 0 atom stereocenters. The van der Waals surface area contributed by atoms with Gasteiger partial charge in [-0.3, -0.25) is 0 Å². The second-order valence-electron chi connectivity index (χ2n) is 7.70. The van der Waals surface area contributed by atoms with E-state index in [9.17, 15) is 9.59 Å². The van der Waals surface area contributed by atoms with Crippen molar-refractivity contribution in [2.75, 3.05) is 0 Å². The summed E-state index contributed by atoms with van der Waals surface area (Å²) in [7, 11) is 0. The highest BCUT2D eigenvalue weighted by Crippen LogP contribution is 2.40. The molecule has 0 heterocycles. The Morgan fingerprint density at radius 3 is 1.62 bits per heavy atom. The number of rotatable bonds is 9. The molecule has 0 radical (unpaired) electrons. The van der Waals surface area contributed by atoms with Crippen molar-refractivity contribution < 1.29 is 19.1 Å². The van der Waals surface area contributed by atoms with Gasteiger partial charge in [-0.15, -0.1) is 0 Å². The fourth-order valence-electron chi connectivity index (χ4n) is 3.74. The molecule has 0 aliphatic rings. The van der Waals surface area contributed by atoms with Crippen LogP contribution in [-0.2, 0) is 19.3 Å². The second kappa shape index (κ2) is 11.3. The zero-order valence-corrected chi connectivity index (χ0v) is 19.0. The SMILES string of the molecule is CCCc1cc(CC)c(OC(=O)c2ccccc2)c(OC(=O)c2ccccc2)c1CCC. The van der Waals surface area contributed by atoms with Gasteiger partial charge in [-0.05, 0) is 54.7 Å². The Labute approximate surface area is 190 Å². The Kier molecular flexibility index (Phi) is 8.20. The van der Waals surface area contributed by atoms with E-state index in [0.717, 1.165) is 42.4 Å². The van der Waals surface area contributed by atoms with Crippen LogP contribution >= 0.6 is 0 Å². The Morgan fingerprint density at radius 1 is 0.656 bits per heavy atom. The molecule has 0 aliphatic carbocycles. The van der Waals surface area contributed by atoms with Gasteiger partial charge in [0.05, 0.1) is 11.1 Å². The third kappa shape index (κ3) is 5.44. The van der Waals surface area contributed by atoms with Crippen LogP contribution in [0.5, 0.6) is 11.5 Å². The highest BCUT2D eigenvalue weighted by Gasteiger charge is 2.24. The van der Waals surface area contributed by atoms with Crippen LogP contribution in [0.2, 0.25) is 0 Å². The normalized spacial score (nSPS) is 10.6. The molecule has 0 saturated carbocycles. The van der Waals surface area contributed by atoms with Crippen LogP contribution in [0.3, 0.4) is 0 Å². The summed E-state index contributed by atoms with van der Waals surface area (Å²) < 4.78 is 11.9. The number of carbonyl (C=O) groups excluding carboxylic acids is 2. The van der Waals surface area contributed by atoms with Crippen LogP contribution < -0.4 is 9.47 Å². The van der Waals surface area contributed by atoms with Gasteiger partial charge in [-0.2, -0.15) is 0 Å². The molecule has 4 heteroatoms. The van der Waals surface area contributed by atoms with Gasteiger partial charge < -0.3 is 9.47 Å². The van der Waals surface area contributed by atoms with Crippen molar-refractivity contribution in [1.82, 2.24) is 0 Å². The van der Waals surface area contributed by atoms with E-state index < -0.39 is 11.9 Å². The van der Waals surface area contributed by atoms with E-state index in [1.165, 1.54) is 0 Å². The maximum Gasteiger partial charge on any atom is 0.343 e. The summed E-state index contributed by atoms with van der Waals surface area (Å²) in [6.45, 7) is 6.22. The van der Waals surface area contributed by atoms with Gasteiger partial charge in [0, 0.05) is 5.56 Å². The van der Waals surface area contributed by atoms with Gasteiger partial charge in [0.1, 0.15) is 0 Å². The second-order valence-corrected chi connectivity index (χ2v) is 7.70. The first kappa shape index (κ1) is 23.3. The Balaban J connectivity index is 2.12. The van der Waals surface area contributed by atoms with Crippen molar-refractivity contribution >= 4 is 11.9 Å². The van der Waals surface area contributed by atoms with Crippen LogP contribution in [0.25, 0.3) is 0 Å². The topological polar surface area (TPSA) is 52.6 Å². The Bertz CT molecular complexity index is 1060. The van der Waals surface area contributed by atoms with Gasteiger partial charge in [-0.25, -0.2) is 9.59 Å². The summed E-state index contributed by atoms with van der Waals surface area (Å²) in [6.07, 6.45) is 4.09. The maximum atomic E-state index is 13.0. The minimum Gasteiger partial charge on any atom is -0.419 e. The number of carbonyl (C=O) groups is 2. The molecule has 0 aliphatic heterocycles. The average molecular weight is 431 g/mol. The molecule has 3 aromatic rings. The summed E-state index contributed by atoms with van der Waals surface area (Å²) in [5.41, 5.74) is 3.83. The zero-order valence-electron chi connectivity index (χ0n) is 19.0. The molecule has 0 unspecified atom stereocenters. The third-order valence-corrected chi connectivity index (χ3v) is 5.32. The smallest absolute Gasteiger partial charge is 0.343 e. The number of hydrogen-bond acceptors (Lipinski definition) is 4. The van der Waals surface area contributed by atoms with Crippen molar-refractivity contribution in [3.05, 3.63) is 94.5 Å². The fourth-order valence-corrected chi connectivity index (χ4v) is 3.74. The number of ether oxygens (including phenoxy) is 2. The van der Waals surface area contributed by atoms with E-state index in [1.54, 1.807) is 48.5 Å². The van der Waals surface area contributed by atoms with Crippen molar-refractivity contribution in [2.45, 2.75) is 52.9 Å². The van der Waals surface area contributed by atoms with E-state index in [4.69, 9.17) is 9.47 Å². The molecule has 0 bridgehead atoms. The molecule has 0 amide bonds. The predicted octanol–water partition coefficient (Wildman–Crippen LogP) is 6.59. The lowest BCUT2D eigenvalue weighted by Gasteiger charge is -2.21. The van der Waals surface area contributed by atoms with Gasteiger partial charge in [0.2, 0.25) is 0 Å². The molecule has 166 valence electrons. The lowest BCUT2D eigenvalue weighted by Crippen LogP contribution is -2.16. The van der Waals surface area contributed by atoms with Crippen LogP contribution in [0.15, 0.2) is 66.7 Å². The van der Waals surface area contributed by atoms with Gasteiger partial charge in [-0.1, -0.05) is 76.1 Å².